The maximum absolute atomic E-state index is 12.2. The smallest absolute Gasteiger partial charge is 0.227 e. The zero-order chi connectivity index (χ0) is 97.8. The van der Waals surface area contributed by atoms with Crippen LogP contribution in [0.25, 0.3) is 222 Å². The van der Waals surface area contributed by atoms with Gasteiger partial charge in [-0.3, -0.25) is 79.4 Å². The molecule has 1 aliphatic carbocycles. The molecule has 0 saturated heterocycles. The van der Waals surface area contributed by atoms with Crippen molar-refractivity contribution < 1.29 is 19.2 Å². The Kier molecular flexibility index (Phi) is 24.6. The SMILES string of the molecule is CC(C)C(=O)Nc1cncc(-c2cnc3n[nH]c(-c4cc5c(-c6ccncc6)cccc5[nH]4)c3c2)c1.CC(C)CC(=O)Nc1cncc(-c2cnc3n[nH]c(-c4cc5c(-c6ccncc6)cccc5[nH]4)c3c2)c1.CCC(=O)Cc1ccc(-c2cnc3n[nH]c(-c4cc5c(-c6ccncc6)cccc5[nH]4)c3c2)cn1.O=C(Nc1cncc(-c2cnc3n[nH]c(-c4cc5c(-c6ccncc6)cccc5[nH]4)c3c2)c1)C1CC1. The van der Waals surface area contributed by atoms with Crippen LogP contribution >= 0.6 is 0 Å². The van der Waals surface area contributed by atoms with Crippen molar-refractivity contribution in [2.75, 3.05) is 16.0 Å². The third-order valence-corrected chi connectivity index (χ3v) is 25.4. The van der Waals surface area contributed by atoms with Crippen molar-refractivity contribution in [1.82, 2.24) is 121 Å². The van der Waals surface area contributed by atoms with Crippen LogP contribution in [0.1, 0.15) is 66.0 Å². The summed E-state index contributed by atoms with van der Waals surface area (Å²) in [6, 6.07) is 67.4. The maximum Gasteiger partial charge on any atom is 0.227 e. The van der Waals surface area contributed by atoms with Crippen LogP contribution in [0.2, 0.25) is 0 Å². The van der Waals surface area contributed by atoms with Crippen molar-refractivity contribution >= 4 is 128 Å². The monoisotopic (exact) mass is 1890 g/mol. The van der Waals surface area contributed by atoms with Gasteiger partial charge in [0.1, 0.15) is 5.78 Å². The maximum atomic E-state index is 12.2. The second kappa shape index (κ2) is 39.4. The third-order valence-electron chi connectivity index (χ3n) is 25.4. The van der Waals surface area contributed by atoms with E-state index >= 15 is 0 Å². The van der Waals surface area contributed by atoms with Gasteiger partial charge in [0.25, 0.3) is 0 Å². The number of carbonyl (C=O) groups is 4. The van der Waals surface area contributed by atoms with Gasteiger partial charge in [0.15, 0.2) is 22.6 Å². The molecular weight excluding hydrogens is 1800 g/mol. The molecule has 31 nitrogen and oxygen atoms in total. The van der Waals surface area contributed by atoms with E-state index in [2.05, 4.69) is 221 Å². The van der Waals surface area contributed by atoms with Gasteiger partial charge in [0, 0.05) is 246 Å². The number of H-pyrrole nitrogens is 8. The molecule has 0 bridgehead atoms. The Labute approximate surface area is 821 Å². The van der Waals surface area contributed by atoms with Crippen molar-refractivity contribution in [3.63, 3.8) is 0 Å². The molecular formula is C113H91N27O4. The van der Waals surface area contributed by atoms with Gasteiger partial charge in [-0.15, -0.1) is 0 Å². The number of benzene rings is 4. The summed E-state index contributed by atoms with van der Waals surface area (Å²) in [4.78, 5) is 115. The Morgan fingerprint density at radius 3 is 0.951 bits per heavy atom. The summed E-state index contributed by atoms with van der Waals surface area (Å²) in [5.41, 5.74) is 32.7. The van der Waals surface area contributed by atoms with Crippen LogP contribution in [0.15, 0.2) is 318 Å². The predicted molar refractivity (Wildman–Crippen MR) is 562 cm³/mol. The highest BCUT2D eigenvalue weighted by molar-refractivity contribution is 6.07. The molecule has 4 aromatic carbocycles. The number of fused-ring (bicyclic) bond motifs is 8. The number of nitrogens with zero attached hydrogens (tertiary/aromatic N) is 16. The first-order valence-electron chi connectivity index (χ1n) is 47.3. The normalized spacial score (nSPS) is 11.9. The first-order chi connectivity index (χ1) is 70.5. The highest BCUT2D eigenvalue weighted by atomic mass is 16.2. The Balaban J connectivity index is 0.000000110. The van der Waals surface area contributed by atoms with Crippen molar-refractivity contribution in [2.45, 2.75) is 66.7 Å². The molecule has 3 amide bonds. The second-order valence-corrected chi connectivity index (χ2v) is 36.1. The number of amides is 3. The van der Waals surface area contributed by atoms with Crippen molar-refractivity contribution in [3.05, 3.63) is 324 Å². The van der Waals surface area contributed by atoms with E-state index in [4.69, 9.17) is 0 Å². The fourth-order valence-electron chi connectivity index (χ4n) is 17.8. The number of rotatable bonds is 22. The van der Waals surface area contributed by atoms with E-state index in [1.807, 2.05) is 150 Å². The van der Waals surface area contributed by atoms with Crippen LogP contribution in [0.3, 0.4) is 0 Å². The summed E-state index contributed by atoms with van der Waals surface area (Å²) in [7, 11) is 0. The number of aromatic nitrogens is 24. The molecule has 0 radical (unpaired) electrons. The number of aromatic amines is 8. The molecule has 1 fully saturated rings. The minimum atomic E-state index is -0.115. The summed E-state index contributed by atoms with van der Waals surface area (Å²) in [6.45, 7) is 9.62. The van der Waals surface area contributed by atoms with E-state index in [0.717, 1.165) is 218 Å². The molecule has 0 unspecified atom stereocenters. The summed E-state index contributed by atoms with van der Waals surface area (Å²) < 4.78 is 0. The summed E-state index contributed by atoms with van der Waals surface area (Å²) >= 11 is 0. The minimum absolute atomic E-state index is 0.0235. The molecule has 25 rings (SSSR count). The molecule has 0 aliphatic heterocycles. The molecule has 1 saturated carbocycles. The lowest BCUT2D eigenvalue weighted by Gasteiger charge is -2.09. The average molecular weight is 1890 g/mol. The topological polar surface area (TPSA) is 437 Å². The lowest BCUT2D eigenvalue weighted by atomic mass is 10.0. The fourth-order valence-corrected chi connectivity index (χ4v) is 17.8. The minimum Gasteiger partial charge on any atom is -0.353 e. The van der Waals surface area contributed by atoms with Crippen LogP contribution in [-0.4, -0.2) is 144 Å². The third kappa shape index (κ3) is 19.0. The van der Waals surface area contributed by atoms with Crippen LogP contribution in [-0.2, 0) is 25.6 Å². The van der Waals surface area contributed by atoms with E-state index in [1.54, 1.807) is 118 Å². The number of ketones is 1. The molecule has 31 heteroatoms. The van der Waals surface area contributed by atoms with Gasteiger partial charge in [-0.05, 0) is 209 Å². The zero-order valence-corrected chi connectivity index (χ0v) is 78.6. The highest BCUT2D eigenvalue weighted by Crippen LogP contribution is 2.43. The van der Waals surface area contributed by atoms with E-state index in [0.29, 0.717) is 58.9 Å². The summed E-state index contributed by atoms with van der Waals surface area (Å²) in [5, 5.41) is 47.2. The lowest BCUT2D eigenvalue weighted by Crippen LogP contribution is -2.17. The number of anilines is 3. The number of hydrogen-bond acceptors (Lipinski definition) is 20. The van der Waals surface area contributed by atoms with Gasteiger partial charge in [0.2, 0.25) is 17.7 Å². The highest BCUT2D eigenvalue weighted by Gasteiger charge is 2.30. The van der Waals surface area contributed by atoms with Gasteiger partial charge >= 0.3 is 0 Å². The Morgan fingerprint density at radius 2 is 0.639 bits per heavy atom. The van der Waals surface area contributed by atoms with Crippen LogP contribution in [0.4, 0.5) is 17.1 Å². The first-order valence-corrected chi connectivity index (χ1v) is 47.3. The van der Waals surface area contributed by atoms with Gasteiger partial charge in [-0.25, -0.2) is 19.9 Å². The Bertz CT molecular complexity index is 8670. The average Bonchev–Trinajstić information content (AvgIpc) is 1.63. The molecule has 0 atom stereocenters. The van der Waals surface area contributed by atoms with E-state index in [9.17, 15) is 19.2 Å². The molecule has 144 heavy (non-hydrogen) atoms. The predicted octanol–water partition coefficient (Wildman–Crippen LogP) is 23.4. The van der Waals surface area contributed by atoms with Crippen molar-refractivity contribution in [3.8, 4) is 135 Å². The standard InChI is InChI=1S/C29H25N7O.C28H21N7O.C28H23N7O.C28H22N6O/c1-17(2)10-27(37)33-21-11-19(14-31-16-21)20-12-24-28(35-36-29(24)32-15-20)26-13-23-22(4-3-5-25(23)34-26)18-6-8-30-9-7-18;36-28(17-4-5-17)32-20-10-18(13-30-15-20)19-11-23-26(34-35-27(23)31-14-19)25-12-22-21(2-1-3-24(22)33-25)16-6-8-29-9-7-16;1-16(2)28(36)32-20-10-18(13-30-15-20)19-11-23-26(34-35-27(23)31-14-19)25-12-22-21(4-3-5-24(22)33-25)17-6-8-29-9-7-17;1-2-21(35)13-20-7-6-18(15-30-20)19-12-24-27(33-34-28(24)31-16-19)26-14-23-22(4-3-5-25(23)32-26)17-8-10-29-11-9-17/h3-9,11-17,34H,10H2,1-2H3,(H,33,37)(H,32,35,36);1-3,6-15,17,33H,4-5H2,(H,32,36)(H,31,34,35);3-16,33H,1-2H3,(H,32,36)(H,31,34,35);3-12,14-16,32H,2,13H2,1H3,(H,31,33,34). The van der Waals surface area contributed by atoms with Gasteiger partial charge < -0.3 is 35.9 Å². The van der Waals surface area contributed by atoms with Crippen LogP contribution < -0.4 is 16.0 Å². The van der Waals surface area contributed by atoms with Crippen molar-refractivity contribution in [1.29, 1.82) is 0 Å². The second-order valence-electron chi connectivity index (χ2n) is 36.1. The van der Waals surface area contributed by atoms with E-state index in [-0.39, 0.29) is 41.3 Å². The van der Waals surface area contributed by atoms with E-state index < -0.39 is 0 Å². The molecule has 24 aromatic rings. The summed E-state index contributed by atoms with van der Waals surface area (Å²) in [5.74, 6) is 0.472. The largest absolute Gasteiger partial charge is 0.353 e. The van der Waals surface area contributed by atoms with Crippen LogP contribution in [0, 0.1) is 17.8 Å². The molecule has 0 spiro atoms. The van der Waals surface area contributed by atoms with Gasteiger partial charge in [-0.1, -0.05) is 89.2 Å². The zero-order valence-electron chi connectivity index (χ0n) is 78.6. The van der Waals surface area contributed by atoms with Gasteiger partial charge in [0.05, 0.1) is 81.2 Å². The number of nitrogens with one attached hydrogen (secondary N) is 11. The Morgan fingerprint density at radius 1 is 0.319 bits per heavy atom. The number of pyridine rings is 12. The van der Waals surface area contributed by atoms with Crippen molar-refractivity contribution in [2.24, 2.45) is 17.8 Å². The lowest BCUT2D eigenvalue weighted by molar-refractivity contribution is -0.119. The number of Topliss-reactive ketones (excluding diaryl/α,β-unsaturated/α-hetero) is 1. The summed E-state index contributed by atoms with van der Waals surface area (Å²) in [6.07, 6.45) is 36.9. The quantitative estimate of drug-likeness (QED) is 0.0300. The molecule has 702 valence electrons. The van der Waals surface area contributed by atoms with Crippen LogP contribution in [0.5, 0.6) is 0 Å². The fraction of sp³-hybridized carbons (Fsp3) is 0.115. The molecule has 20 heterocycles. The molecule has 20 aromatic heterocycles. The Hall–Kier alpha value is -19.2. The molecule has 1 aliphatic rings. The number of hydrogen-bond donors (Lipinski definition) is 11. The number of carbonyl (C=O) groups excluding carboxylic acids is 4. The van der Waals surface area contributed by atoms with Gasteiger partial charge in [-0.2, -0.15) is 20.4 Å². The van der Waals surface area contributed by atoms with E-state index in [1.165, 1.54) is 0 Å². The first kappa shape index (κ1) is 90.0. The molecule has 11 N–H and O–H groups in total.